The highest BCUT2D eigenvalue weighted by atomic mass is 19.4. The van der Waals surface area contributed by atoms with E-state index >= 15 is 0 Å². The van der Waals surface area contributed by atoms with Gasteiger partial charge in [-0.2, -0.15) is 13.2 Å². The van der Waals surface area contributed by atoms with Gasteiger partial charge in [-0.1, -0.05) is 0 Å². The normalized spacial score (nSPS) is 17.6. The van der Waals surface area contributed by atoms with Crippen molar-refractivity contribution in [2.45, 2.75) is 50.4 Å². The summed E-state index contributed by atoms with van der Waals surface area (Å²) in [4.78, 5) is 36.2. The molecule has 37 heavy (non-hydrogen) atoms. The molecule has 0 radical (unpaired) electrons. The van der Waals surface area contributed by atoms with Crippen LogP contribution in [0.2, 0.25) is 0 Å². The lowest BCUT2D eigenvalue weighted by molar-refractivity contribution is -0.141. The van der Waals surface area contributed by atoms with Gasteiger partial charge in [0.25, 0.3) is 5.91 Å². The highest BCUT2D eigenvalue weighted by Gasteiger charge is 2.53. The first-order valence-corrected chi connectivity index (χ1v) is 12.0. The van der Waals surface area contributed by atoms with Crippen LogP contribution in [0.5, 0.6) is 5.75 Å². The molecule has 9 nitrogen and oxygen atoms in total. The average molecular weight is 518 g/mol. The number of nitrogens with one attached hydrogen (secondary N) is 1. The molecule has 1 aliphatic carbocycles. The fourth-order valence-corrected chi connectivity index (χ4v) is 4.64. The van der Waals surface area contributed by atoms with E-state index in [1.54, 1.807) is 17.9 Å². The number of likely N-dealkylation sites (tertiary alicyclic amines) is 1. The minimum Gasteiger partial charge on any atom is -0.494 e. The van der Waals surface area contributed by atoms with Gasteiger partial charge in [-0.3, -0.25) is 9.59 Å². The Kier molecular flexibility index (Phi) is 6.09. The van der Waals surface area contributed by atoms with Crippen LogP contribution in [0.3, 0.4) is 0 Å². The molecule has 0 bridgehead atoms. The van der Waals surface area contributed by atoms with Gasteiger partial charge < -0.3 is 25.1 Å². The number of benzene rings is 1. The van der Waals surface area contributed by atoms with Crippen molar-refractivity contribution in [2.24, 2.45) is 5.73 Å². The van der Waals surface area contributed by atoms with Crippen LogP contribution in [-0.2, 0) is 11.0 Å². The summed E-state index contributed by atoms with van der Waals surface area (Å²) in [7, 11) is 1.33. The van der Waals surface area contributed by atoms with Crippen LogP contribution in [0.15, 0.2) is 28.7 Å². The first-order chi connectivity index (χ1) is 17.5. The second-order valence-electron chi connectivity index (χ2n) is 9.46. The Morgan fingerprint density at radius 3 is 2.46 bits per heavy atom. The maximum atomic E-state index is 13.3. The first-order valence-electron chi connectivity index (χ1n) is 12.0. The van der Waals surface area contributed by atoms with Gasteiger partial charge in [-0.05, 0) is 56.9 Å². The fraction of sp³-hybridized carbons (Fsp3) is 0.440. The number of hydrogen-bond acceptors (Lipinski definition) is 7. The summed E-state index contributed by atoms with van der Waals surface area (Å²) < 4.78 is 50.9. The van der Waals surface area contributed by atoms with Crippen molar-refractivity contribution >= 4 is 22.7 Å². The largest absolute Gasteiger partial charge is 0.494 e. The van der Waals surface area contributed by atoms with Crippen LogP contribution in [0.25, 0.3) is 22.4 Å². The topological polar surface area (TPSA) is 124 Å². The van der Waals surface area contributed by atoms with Crippen molar-refractivity contribution in [3.8, 4) is 17.2 Å². The standard InChI is InChI=1S/C25H26F3N5O4/c1-13(29)20-19(21(34)32-24(9-10-24)23(35)33-11-3-4-12-33)31-22(37-20)15-5-7-16(36-2)18-14(15)6-8-17(30-18)25(26,27)28/h5-8,13H,3-4,9-12,29H2,1-2H3,(H,32,34)/t13-/m0/s1. The molecule has 5 rings (SSSR count). The van der Waals surface area contributed by atoms with Gasteiger partial charge in [-0.25, -0.2) is 9.97 Å². The second kappa shape index (κ2) is 9.02. The number of methoxy groups -OCH3 is 1. The van der Waals surface area contributed by atoms with Gasteiger partial charge in [0.05, 0.1) is 13.2 Å². The molecule has 1 atom stereocenters. The van der Waals surface area contributed by atoms with E-state index in [9.17, 15) is 22.8 Å². The molecule has 3 aromatic rings. The number of nitrogens with two attached hydrogens (primary N) is 1. The minimum atomic E-state index is -4.64. The molecule has 12 heteroatoms. The lowest BCUT2D eigenvalue weighted by atomic mass is 10.1. The van der Waals surface area contributed by atoms with E-state index in [4.69, 9.17) is 14.9 Å². The average Bonchev–Trinajstić information content (AvgIpc) is 3.25. The van der Waals surface area contributed by atoms with Gasteiger partial charge in [-0.15, -0.1) is 0 Å². The number of fused-ring (bicyclic) bond motifs is 1. The molecule has 1 aliphatic heterocycles. The maximum Gasteiger partial charge on any atom is 0.433 e. The number of amides is 2. The Balaban J connectivity index is 1.52. The van der Waals surface area contributed by atoms with Crippen LogP contribution in [0.1, 0.15) is 60.6 Å². The lowest BCUT2D eigenvalue weighted by Gasteiger charge is -2.23. The predicted molar refractivity (Wildman–Crippen MR) is 127 cm³/mol. The molecule has 0 unspecified atom stereocenters. The molecule has 2 aliphatic rings. The number of aromatic nitrogens is 2. The van der Waals surface area contributed by atoms with E-state index in [0.29, 0.717) is 36.9 Å². The molecule has 2 amide bonds. The lowest BCUT2D eigenvalue weighted by Crippen LogP contribution is -2.50. The summed E-state index contributed by atoms with van der Waals surface area (Å²) in [5.74, 6) is -0.471. The van der Waals surface area contributed by atoms with Crippen LogP contribution in [0.4, 0.5) is 13.2 Å². The number of hydrogen-bond donors (Lipinski definition) is 2. The highest BCUT2D eigenvalue weighted by Crippen LogP contribution is 2.40. The zero-order chi connectivity index (χ0) is 26.5. The van der Waals surface area contributed by atoms with E-state index in [0.717, 1.165) is 18.9 Å². The number of ether oxygens (including phenoxy) is 1. The van der Waals surface area contributed by atoms with E-state index in [-0.39, 0.29) is 34.5 Å². The van der Waals surface area contributed by atoms with E-state index in [2.05, 4.69) is 15.3 Å². The molecule has 1 saturated heterocycles. The SMILES string of the molecule is COc1ccc(-c2nc(C(=O)NC3(C(=O)N4CCCC4)CC3)c([C@H](C)N)o2)c2ccc(C(F)(F)F)nc12. The Hall–Kier alpha value is -3.67. The van der Waals surface area contributed by atoms with E-state index in [1.165, 1.54) is 19.2 Å². The summed E-state index contributed by atoms with van der Waals surface area (Å²) in [6.07, 6.45) is -1.71. The summed E-state index contributed by atoms with van der Waals surface area (Å²) in [5.41, 5.74) is 4.24. The molecule has 0 spiro atoms. The molecule has 1 saturated carbocycles. The van der Waals surface area contributed by atoms with Crippen LogP contribution in [-0.4, -0.2) is 52.4 Å². The van der Waals surface area contributed by atoms with Crippen molar-refractivity contribution in [3.63, 3.8) is 0 Å². The Labute approximate surface area is 210 Å². The van der Waals surface area contributed by atoms with Crippen molar-refractivity contribution < 1.29 is 31.9 Å². The van der Waals surface area contributed by atoms with Gasteiger partial charge in [0.15, 0.2) is 11.5 Å². The molecule has 3 heterocycles. The zero-order valence-corrected chi connectivity index (χ0v) is 20.3. The zero-order valence-electron chi connectivity index (χ0n) is 20.3. The van der Waals surface area contributed by atoms with Crippen LogP contribution >= 0.6 is 0 Å². The third kappa shape index (κ3) is 4.50. The number of alkyl halides is 3. The first kappa shape index (κ1) is 25.0. The smallest absolute Gasteiger partial charge is 0.433 e. The summed E-state index contributed by atoms with van der Waals surface area (Å²) >= 11 is 0. The molecule has 3 N–H and O–H groups in total. The molecule has 196 valence electrons. The highest BCUT2D eigenvalue weighted by molar-refractivity contribution is 6.01. The monoisotopic (exact) mass is 517 g/mol. The Morgan fingerprint density at radius 1 is 1.16 bits per heavy atom. The fourth-order valence-electron chi connectivity index (χ4n) is 4.64. The second-order valence-corrected chi connectivity index (χ2v) is 9.46. The summed E-state index contributed by atoms with van der Waals surface area (Å²) in [5, 5.41) is 3.13. The van der Waals surface area contributed by atoms with Crippen LogP contribution in [0, 0.1) is 0 Å². The summed E-state index contributed by atoms with van der Waals surface area (Å²) in [6, 6.07) is 4.41. The molecular weight excluding hydrogens is 491 g/mol. The number of oxazole rings is 1. The van der Waals surface area contributed by atoms with Crippen molar-refractivity contribution in [1.29, 1.82) is 0 Å². The number of rotatable bonds is 6. The van der Waals surface area contributed by atoms with Crippen molar-refractivity contribution in [3.05, 3.63) is 41.4 Å². The van der Waals surface area contributed by atoms with Gasteiger partial charge >= 0.3 is 6.18 Å². The molecule has 2 aromatic heterocycles. The number of halogens is 3. The van der Waals surface area contributed by atoms with Gasteiger partial charge in [0.2, 0.25) is 11.8 Å². The third-order valence-electron chi connectivity index (χ3n) is 6.75. The number of nitrogens with zero attached hydrogens (tertiary/aromatic N) is 3. The quantitative estimate of drug-likeness (QED) is 0.510. The Morgan fingerprint density at radius 2 is 1.86 bits per heavy atom. The molecular formula is C25H26F3N5O4. The Bertz CT molecular complexity index is 1370. The van der Waals surface area contributed by atoms with E-state index in [1.807, 2.05) is 0 Å². The molecule has 1 aromatic carbocycles. The number of carbonyl (C=O) groups is 2. The number of pyridine rings is 1. The van der Waals surface area contributed by atoms with Crippen molar-refractivity contribution in [2.75, 3.05) is 20.2 Å². The minimum absolute atomic E-state index is 0.0117. The van der Waals surface area contributed by atoms with Gasteiger partial charge in [0.1, 0.15) is 22.5 Å². The maximum absolute atomic E-state index is 13.3. The van der Waals surface area contributed by atoms with Crippen molar-refractivity contribution in [1.82, 2.24) is 20.2 Å². The third-order valence-corrected chi connectivity index (χ3v) is 6.75. The summed E-state index contributed by atoms with van der Waals surface area (Å²) in [6.45, 7) is 2.96. The molecule has 2 fully saturated rings. The van der Waals surface area contributed by atoms with E-state index < -0.39 is 29.4 Å². The number of carbonyl (C=O) groups excluding carboxylic acids is 2. The predicted octanol–water partition coefficient (Wildman–Crippen LogP) is 3.82. The van der Waals surface area contributed by atoms with Crippen LogP contribution < -0.4 is 15.8 Å². The van der Waals surface area contributed by atoms with Gasteiger partial charge in [0, 0.05) is 24.0 Å².